The van der Waals surface area contributed by atoms with Gasteiger partial charge in [-0.25, -0.2) is 4.79 Å². The number of carbonyl (C=O) groups excluding carboxylic acids is 1. The van der Waals surface area contributed by atoms with Crippen molar-refractivity contribution in [1.29, 1.82) is 0 Å². The highest BCUT2D eigenvalue weighted by Crippen LogP contribution is 2.40. The number of carbonyl (C=O) groups is 1. The first-order valence-electron chi connectivity index (χ1n) is 16.5. The number of hydrogen-bond acceptors (Lipinski definition) is 19. The molecule has 0 amide bonds. The molecular formula is C36H36O19. The Kier molecular flexibility index (Phi) is 11.1. The van der Waals surface area contributed by atoms with Crippen LogP contribution < -0.4 is 14.9 Å². The van der Waals surface area contributed by atoms with Crippen molar-refractivity contribution in [2.75, 3.05) is 6.61 Å². The molecule has 2 aliphatic rings. The van der Waals surface area contributed by atoms with Gasteiger partial charge in [0, 0.05) is 23.8 Å². The standard InChI is InChI=1S/C36H36O19/c1-13-26(43)29(46)31(48)35(51-13)52-16-10-21(41)25-22(11-16)53-33(15-4-6-18(38)20(40)9-15)34(28(25)45)55-36-32(49)30(47)27(44)23(54-36)12-50-24(42)7-3-14-2-5-17(37)19(39)8-14/h2-11,13,23,26-27,29-32,35-41,43-44,46-49H,12H2,1H3/b7-3+/t13?,23?,26-,27+,29?,30?,31-,32-,35-,36-/m0/s1. The number of aromatic hydroxyl groups is 5. The van der Waals surface area contributed by atoms with Gasteiger partial charge in [0.1, 0.15) is 71.8 Å². The van der Waals surface area contributed by atoms with Gasteiger partial charge in [0.2, 0.25) is 23.8 Å². The van der Waals surface area contributed by atoms with Crippen molar-refractivity contribution in [3.05, 3.63) is 70.4 Å². The van der Waals surface area contributed by atoms with Crippen molar-refractivity contribution < 1.29 is 89.1 Å². The van der Waals surface area contributed by atoms with Crippen LogP contribution in [-0.4, -0.2) is 130 Å². The number of aliphatic hydroxyl groups is 6. The Bertz CT molecular complexity index is 2150. The second-order valence-electron chi connectivity index (χ2n) is 12.8. The van der Waals surface area contributed by atoms with Gasteiger partial charge in [-0.2, -0.15) is 0 Å². The van der Waals surface area contributed by atoms with E-state index < -0.39 is 119 Å². The summed E-state index contributed by atoms with van der Waals surface area (Å²) < 4.78 is 33.5. The van der Waals surface area contributed by atoms with E-state index >= 15 is 0 Å². The molecule has 10 atom stereocenters. The van der Waals surface area contributed by atoms with Crippen molar-refractivity contribution in [1.82, 2.24) is 0 Å². The Morgan fingerprint density at radius 1 is 0.709 bits per heavy atom. The van der Waals surface area contributed by atoms with Crippen molar-refractivity contribution in [2.24, 2.45) is 0 Å². The highest BCUT2D eigenvalue weighted by Gasteiger charge is 2.46. The third kappa shape index (κ3) is 7.95. The minimum absolute atomic E-state index is 0.0998. The van der Waals surface area contributed by atoms with Crippen LogP contribution in [0.25, 0.3) is 28.4 Å². The zero-order chi connectivity index (χ0) is 39.9. The topological polar surface area (TPSA) is 316 Å². The number of phenolic OH excluding ortho intramolecular Hbond substituents is 5. The summed E-state index contributed by atoms with van der Waals surface area (Å²) in [5, 5.41) is 112. The number of aliphatic hydroxyl groups excluding tert-OH is 6. The Labute approximate surface area is 308 Å². The lowest BCUT2D eigenvalue weighted by Crippen LogP contribution is -2.60. The van der Waals surface area contributed by atoms with Gasteiger partial charge in [-0.15, -0.1) is 0 Å². The van der Waals surface area contributed by atoms with Crippen molar-refractivity contribution in [3.63, 3.8) is 0 Å². The molecule has 19 nitrogen and oxygen atoms in total. The highest BCUT2D eigenvalue weighted by molar-refractivity contribution is 5.89. The SMILES string of the molecule is CC1O[C@@H](Oc2cc(O)c3c(=O)c(O[C@@H]4OC(COC(=O)/C=C/c5ccc(O)c(O)c5)[C@@H](O)C(O)[C@@H]4O)c(-c4ccc(O)c(O)c4)oc3c2)[C@@H](O)C(O)[C@H]1O. The van der Waals surface area contributed by atoms with E-state index in [2.05, 4.69) is 0 Å². The Morgan fingerprint density at radius 3 is 2.02 bits per heavy atom. The van der Waals surface area contributed by atoms with Crippen molar-refractivity contribution in [2.45, 2.75) is 68.3 Å². The lowest BCUT2D eigenvalue weighted by molar-refractivity contribution is -0.278. The molecule has 11 N–H and O–H groups in total. The van der Waals surface area contributed by atoms with Crippen LogP contribution >= 0.6 is 0 Å². The van der Waals surface area contributed by atoms with Gasteiger partial charge in [0.25, 0.3) is 0 Å². The predicted molar refractivity (Wildman–Crippen MR) is 183 cm³/mol. The molecule has 0 bridgehead atoms. The van der Waals surface area contributed by atoms with E-state index in [1.165, 1.54) is 37.3 Å². The first-order valence-corrected chi connectivity index (χ1v) is 16.5. The third-order valence-electron chi connectivity index (χ3n) is 8.91. The van der Waals surface area contributed by atoms with Crippen LogP contribution in [0.5, 0.6) is 40.2 Å². The zero-order valence-corrected chi connectivity index (χ0v) is 28.4. The first kappa shape index (κ1) is 39.1. The van der Waals surface area contributed by atoms with Crippen molar-refractivity contribution in [3.8, 4) is 51.6 Å². The molecule has 3 aromatic carbocycles. The van der Waals surface area contributed by atoms with Crippen LogP contribution in [0.2, 0.25) is 0 Å². The van der Waals surface area contributed by atoms with E-state index in [1.54, 1.807) is 0 Å². The molecule has 4 unspecified atom stereocenters. The smallest absolute Gasteiger partial charge is 0.330 e. The molecule has 2 saturated heterocycles. The van der Waals surface area contributed by atoms with Gasteiger partial charge < -0.3 is 84.3 Å². The number of rotatable bonds is 9. The quantitative estimate of drug-likeness (QED) is 0.0588. The summed E-state index contributed by atoms with van der Waals surface area (Å²) in [6.45, 7) is 0.708. The molecular weight excluding hydrogens is 736 g/mol. The Hall–Kier alpha value is -5.64. The summed E-state index contributed by atoms with van der Waals surface area (Å²) in [7, 11) is 0. The zero-order valence-electron chi connectivity index (χ0n) is 28.4. The minimum atomic E-state index is -2.04. The normalized spacial score (nSPS) is 28.3. The maximum atomic E-state index is 14.0. The molecule has 0 saturated carbocycles. The highest BCUT2D eigenvalue weighted by atomic mass is 16.7. The van der Waals surface area contributed by atoms with E-state index in [4.69, 9.17) is 28.1 Å². The summed E-state index contributed by atoms with van der Waals surface area (Å²) in [5.74, 6) is -5.21. The van der Waals surface area contributed by atoms with E-state index in [-0.39, 0.29) is 22.6 Å². The second kappa shape index (κ2) is 15.6. The van der Waals surface area contributed by atoms with Crippen LogP contribution in [0.3, 0.4) is 0 Å². The number of fused-ring (bicyclic) bond motifs is 1. The molecule has 19 heteroatoms. The molecule has 0 aliphatic carbocycles. The van der Waals surface area contributed by atoms with Crippen LogP contribution in [0, 0.1) is 0 Å². The number of esters is 1. The van der Waals surface area contributed by atoms with Crippen LogP contribution in [-0.2, 0) is 19.0 Å². The second-order valence-corrected chi connectivity index (χ2v) is 12.8. The summed E-state index contributed by atoms with van der Waals surface area (Å²) in [4.78, 5) is 26.5. The lowest BCUT2D eigenvalue weighted by Gasteiger charge is -2.39. The number of phenols is 5. The summed E-state index contributed by atoms with van der Waals surface area (Å²) in [6, 6.07) is 9.06. The lowest BCUT2D eigenvalue weighted by atomic mass is 9.99. The predicted octanol–water partition coefficient (Wildman–Crippen LogP) is -0.363. The number of hydrogen-bond donors (Lipinski definition) is 11. The average Bonchev–Trinajstić information content (AvgIpc) is 3.14. The molecule has 1 aromatic heterocycles. The van der Waals surface area contributed by atoms with Gasteiger partial charge in [0.05, 0.1) is 6.10 Å². The molecule has 2 aliphatic heterocycles. The molecule has 2 fully saturated rings. The molecule has 55 heavy (non-hydrogen) atoms. The molecule has 3 heterocycles. The average molecular weight is 773 g/mol. The van der Waals surface area contributed by atoms with E-state index in [0.717, 1.165) is 30.3 Å². The van der Waals surface area contributed by atoms with Gasteiger partial charge >= 0.3 is 5.97 Å². The minimum Gasteiger partial charge on any atom is -0.507 e. The molecule has 0 spiro atoms. The van der Waals surface area contributed by atoms with Crippen LogP contribution in [0.4, 0.5) is 0 Å². The van der Waals surface area contributed by atoms with E-state index in [9.17, 15) is 65.8 Å². The maximum absolute atomic E-state index is 14.0. The number of benzene rings is 3. The van der Waals surface area contributed by atoms with E-state index in [1.807, 2.05) is 0 Å². The van der Waals surface area contributed by atoms with Gasteiger partial charge in [-0.05, 0) is 48.9 Å². The number of ether oxygens (including phenoxy) is 5. The third-order valence-corrected chi connectivity index (χ3v) is 8.91. The molecule has 6 rings (SSSR count). The monoisotopic (exact) mass is 772 g/mol. The fraction of sp³-hybridized carbons (Fsp3) is 0.333. The Morgan fingerprint density at radius 2 is 1.35 bits per heavy atom. The summed E-state index contributed by atoms with van der Waals surface area (Å²) >= 11 is 0. The largest absolute Gasteiger partial charge is 0.507 e. The maximum Gasteiger partial charge on any atom is 0.330 e. The first-order chi connectivity index (χ1) is 26.0. The fourth-order valence-corrected chi connectivity index (χ4v) is 5.82. The van der Waals surface area contributed by atoms with Gasteiger partial charge in [0.15, 0.2) is 28.8 Å². The van der Waals surface area contributed by atoms with Crippen molar-refractivity contribution >= 4 is 23.0 Å². The summed E-state index contributed by atoms with van der Waals surface area (Å²) in [6.07, 6.45) is -14.5. The molecule has 4 aromatic rings. The van der Waals surface area contributed by atoms with E-state index in [0.29, 0.717) is 5.56 Å². The Balaban J connectivity index is 1.30. The molecule has 0 radical (unpaired) electrons. The van der Waals surface area contributed by atoms with Crippen LogP contribution in [0.15, 0.2) is 63.8 Å². The van der Waals surface area contributed by atoms with Gasteiger partial charge in [-0.3, -0.25) is 4.79 Å². The fourth-order valence-electron chi connectivity index (χ4n) is 5.82. The van der Waals surface area contributed by atoms with Crippen LogP contribution in [0.1, 0.15) is 12.5 Å². The van der Waals surface area contributed by atoms with Gasteiger partial charge in [-0.1, -0.05) is 6.07 Å². The molecule has 294 valence electrons. The summed E-state index contributed by atoms with van der Waals surface area (Å²) in [5.41, 5.74) is -1.24.